The Balaban J connectivity index is 1.39. The second-order valence-electron chi connectivity index (χ2n) is 5.99. The molecule has 5 heteroatoms. The predicted octanol–water partition coefficient (Wildman–Crippen LogP) is 1.56. The van der Waals surface area contributed by atoms with E-state index in [1.807, 2.05) is 0 Å². The van der Waals surface area contributed by atoms with Gasteiger partial charge in [0.15, 0.2) is 0 Å². The summed E-state index contributed by atoms with van der Waals surface area (Å²) >= 11 is 0. The topological polar surface area (TPSA) is 54.2 Å². The number of nitrogens with one attached hydrogen (secondary N) is 1. The molecular formula is C13H20N4O. The molecule has 1 saturated heterocycles. The number of anilines is 1. The first-order valence-electron chi connectivity index (χ1n) is 7.19. The summed E-state index contributed by atoms with van der Waals surface area (Å²) in [5.74, 6) is 2.46. The van der Waals surface area contributed by atoms with Crippen LogP contribution in [-0.2, 0) is 6.54 Å². The van der Waals surface area contributed by atoms with Gasteiger partial charge in [-0.15, -0.1) is 5.10 Å². The molecule has 3 aliphatic rings. The van der Waals surface area contributed by atoms with Gasteiger partial charge in [0, 0.05) is 19.1 Å². The van der Waals surface area contributed by atoms with Crippen molar-refractivity contribution in [2.75, 3.05) is 18.0 Å². The maximum absolute atomic E-state index is 5.75. The van der Waals surface area contributed by atoms with Crippen molar-refractivity contribution < 1.29 is 4.42 Å². The highest BCUT2D eigenvalue weighted by molar-refractivity contribution is 5.28. The Morgan fingerprint density at radius 2 is 1.89 bits per heavy atom. The van der Waals surface area contributed by atoms with E-state index >= 15 is 0 Å². The lowest BCUT2D eigenvalue weighted by Gasteiger charge is -2.12. The molecule has 0 aromatic carbocycles. The Labute approximate surface area is 107 Å². The van der Waals surface area contributed by atoms with E-state index in [0.29, 0.717) is 6.04 Å². The predicted molar refractivity (Wildman–Crippen MR) is 67.2 cm³/mol. The molecule has 2 saturated carbocycles. The molecule has 2 unspecified atom stereocenters. The zero-order chi connectivity index (χ0) is 11.9. The average Bonchev–Trinajstić information content (AvgIpc) is 2.79. The van der Waals surface area contributed by atoms with Gasteiger partial charge in [0.2, 0.25) is 5.89 Å². The van der Waals surface area contributed by atoms with Crippen molar-refractivity contribution in [3.05, 3.63) is 5.89 Å². The number of fused-ring (bicyclic) bond motifs is 1. The van der Waals surface area contributed by atoms with Crippen molar-refractivity contribution in [3.8, 4) is 0 Å². The van der Waals surface area contributed by atoms with Crippen LogP contribution < -0.4 is 10.2 Å². The average molecular weight is 248 g/mol. The molecule has 4 rings (SSSR count). The fraction of sp³-hybridized carbons (Fsp3) is 0.846. The molecule has 0 bridgehead atoms. The van der Waals surface area contributed by atoms with Crippen molar-refractivity contribution in [2.24, 2.45) is 11.8 Å². The van der Waals surface area contributed by atoms with Gasteiger partial charge in [-0.2, -0.15) is 0 Å². The first-order valence-corrected chi connectivity index (χ1v) is 7.19. The minimum atomic E-state index is 0.687. The summed E-state index contributed by atoms with van der Waals surface area (Å²) in [6.07, 6.45) is 6.74. The van der Waals surface area contributed by atoms with Crippen LogP contribution in [0.15, 0.2) is 4.42 Å². The molecule has 0 spiro atoms. The van der Waals surface area contributed by atoms with Crippen molar-refractivity contribution in [1.82, 2.24) is 15.5 Å². The molecule has 2 atom stereocenters. The standard InChI is InChI=1S/C13H20N4O/c1-2-9-7-17(8-10(9)3-1)13-16-15-12(18-13)6-14-11-4-5-11/h9-11,14H,1-8H2. The third-order valence-corrected chi connectivity index (χ3v) is 4.57. The highest BCUT2D eigenvalue weighted by Gasteiger charge is 2.37. The third-order valence-electron chi connectivity index (χ3n) is 4.57. The molecule has 1 aliphatic heterocycles. The second-order valence-corrected chi connectivity index (χ2v) is 5.99. The van der Waals surface area contributed by atoms with Crippen molar-refractivity contribution in [2.45, 2.75) is 44.7 Å². The minimum absolute atomic E-state index is 0.687. The van der Waals surface area contributed by atoms with Gasteiger partial charge in [0.25, 0.3) is 0 Å². The summed E-state index contributed by atoms with van der Waals surface area (Å²) in [7, 11) is 0. The minimum Gasteiger partial charge on any atom is -0.407 e. The number of rotatable bonds is 4. The van der Waals surface area contributed by atoms with Crippen molar-refractivity contribution >= 4 is 6.01 Å². The molecule has 18 heavy (non-hydrogen) atoms. The van der Waals surface area contributed by atoms with Crippen LogP contribution in [0.25, 0.3) is 0 Å². The van der Waals surface area contributed by atoms with Crippen molar-refractivity contribution in [1.29, 1.82) is 0 Å². The zero-order valence-corrected chi connectivity index (χ0v) is 10.6. The van der Waals surface area contributed by atoms with Crippen LogP contribution in [0.4, 0.5) is 6.01 Å². The van der Waals surface area contributed by atoms with Gasteiger partial charge in [0.1, 0.15) is 0 Å². The fourth-order valence-corrected chi connectivity index (χ4v) is 3.35. The highest BCUT2D eigenvalue weighted by Crippen LogP contribution is 2.39. The number of hydrogen-bond acceptors (Lipinski definition) is 5. The molecule has 1 aromatic rings. The number of hydrogen-bond donors (Lipinski definition) is 1. The van der Waals surface area contributed by atoms with Gasteiger partial charge in [-0.25, -0.2) is 0 Å². The van der Waals surface area contributed by atoms with E-state index in [-0.39, 0.29) is 0 Å². The quantitative estimate of drug-likeness (QED) is 0.876. The molecule has 5 nitrogen and oxygen atoms in total. The normalized spacial score (nSPS) is 31.0. The Morgan fingerprint density at radius 1 is 1.11 bits per heavy atom. The van der Waals surface area contributed by atoms with Crippen LogP contribution in [0, 0.1) is 11.8 Å². The van der Waals surface area contributed by atoms with E-state index in [1.54, 1.807) is 0 Å². The maximum Gasteiger partial charge on any atom is 0.318 e. The van der Waals surface area contributed by atoms with Crippen molar-refractivity contribution in [3.63, 3.8) is 0 Å². The fourth-order valence-electron chi connectivity index (χ4n) is 3.35. The lowest BCUT2D eigenvalue weighted by Crippen LogP contribution is -2.21. The molecule has 0 amide bonds. The molecule has 3 fully saturated rings. The van der Waals surface area contributed by atoms with E-state index < -0.39 is 0 Å². The summed E-state index contributed by atoms with van der Waals surface area (Å²) in [5, 5.41) is 11.7. The molecule has 2 aliphatic carbocycles. The smallest absolute Gasteiger partial charge is 0.318 e. The molecule has 1 N–H and O–H groups in total. The Hall–Kier alpha value is -1.10. The largest absolute Gasteiger partial charge is 0.407 e. The molecule has 1 aromatic heterocycles. The molecule has 98 valence electrons. The second kappa shape index (κ2) is 4.23. The van der Waals surface area contributed by atoms with Gasteiger partial charge in [-0.05, 0) is 37.5 Å². The summed E-state index contributed by atoms with van der Waals surface area (Å²) < 4.78 is 5.75. The Kier molecular flexibility index (Phi) is 2.53. The number of nitrogens with zero attached hydrogens (tertiary/aromatic N) is 3. The summed E-state index contributed by atoms with van der Waals surface area (Å²) in [4.78, 5) is 2.28. The van der Waals surface area contributed by atoms with E-state index in [9.17, 15) is 0 Å². The Bertz CT molecular complexity index is 416. The molecule has 0 radical (unpaired) electrons. The lowest BCUT2D eigenvalue weighted by molar-refractivity contribution is 0.462. The third kappa shape index (κ3) is 2.00. The van der Waals surface area contributed by atoms with Gasteiger partial charge < -0.3 is 14.6 Å². The van der Waals surface area contributed by atoms with Crippen LogP contribution in [0.3, 0.4) is 0 Å². The maximum atomic E-state index is 5.75. The van der Waals surface area contributed by atoms with E-state index in [1.165, 1.54) is 32.1 Å². The zero-order valence-electron chi connectivity index (χ0n) is 10.6. The lowest BCUT2D eigenvalue weighted by atomic mass is 10.0. The summed E-state index contributed by atoms with van der Waals surface area (Å²) in [5.41, 5.74) is 0. The first kappa shape index (κ1) is 10.8. The van der Waals surface area contributed by atoms with Crippen LogP contribution in [0.2, 0.25) is 0 Å². The van der Waals surface area contributed by atoms with E-state index in [4.69, 9.17) is 4.42 Å². The van der Waals surface area contributed by atoms with Crippen LogP contribution in [-0.4, -0.2) is 29.3 Å². The van der Waals surface area contributed by atoms with Gasteiger partial charge in [-0.1, -0.05) is 11.5 Å². The van der Waals surface area contributed by atoms with E-state index in [2.05, 4.69) is 20.4 Å². The SMILES string of the molecule is C1CC2CN(c3nnc(CNC4CC4)o3)CC2C1. The first-order chi connectivity index (χ1) is 8.88. The van der Waals surface area contributed by atoms with E-state index in [0.717, 1.165) is 43.4 Å². The molecular weight excluding hydrogens is 228 g/mol. The van der Waals surface area contributed by atoms with Gasteiger partial charge >= 0.3 is 6.01 Å². The van der Waals surface area contributed by atoms with Crippen LogP contribution in [0.5, 0.6) is 0 Å². The molecule has 2 heterocycles. The van der Waals surface area contributed by atoms with Crippen LogP contribution in [0.1, 0.15) is 38.0 Å². The van der Waals surface area contributed by atoms with Crippen LogP contribution >= 0.6 is 0 Å². The van der Waals surface area contributed by atoms with Gasteiger partial charge in [-0.3, -0.25) is 0 Å². The summed E-state index contributed by atoms with van der Waals surface area (Å²) in [6.45, 7) is 2.95. The van der Waals surface area contributed by atoms with Gasteiger partial charge in [0.05, 0.1) is 6.54 Å². The highest BCUT2D eigenvalue weighted by atomic mass is 16.4. The monoisotopic (exact) mass is 248 g/mol. The number of aromatic nitrogens is 2. The summed E-state index contributed by atoms with van der Waals surface area (Å²) in [6, 6.07) is 1.42. The Morgan fingerprint density at radius 3 is 2.61 bits per heavy atom.